The molecule has 0 unspecified atom stereocenters. The maximum absolute atomic E-state index is 13.0. The smallest absolute Gasteiger partial charge is 0.289 e. The van der Waals surface area contributed by atoms with E-state index in [2.05, 4.69) is 0 Å². The van der Waals surface area contributed by atoms with Crippen LogP contribution < -0.4 is 14.2 Å². The third-order valence-corrected chi connectivity index (χ3v) is 5.37. The van der Waals surface area contributed by atoms with E-state index < -0.39 is 0 Å². The first-order chi connectivity index (χ1) is 12.5. The highest BCUT2D eigenvalue weighted by Gasteiger charge is 2.40. The Balaban J connectivity index is 1.82. The molecule has 1 aromatic rings. The van der Waals surface area contributed by atoms with Gasteiger partial charge >= 0.3 is 0 Å². The van der Waals surface area contributed by atoms with Crippen molar-refractivity contribution in [3.8, 4) is 17.2 Å². The van der Waals surface area contributed by atoms with Crippen LogP contribution in [0.5, 0.6) is 17.2 Å². The minimum Gasteiger partial charge on any atom is -0.493 e. The molecule has 0 aliphatic carbocycles. The molecule has 2 saturated heterocycles. The first kappa shape index (κ1) is 18.4. The number of methoxy groups -OCH3 is 3. The summed E-state index contributed by atoms with van der Waals surface area (Å²) in [6.45, 7) is 0.775. The topological polar surface area (TPSA) is 85.4 Å². The van der Waals surface area contributed by atoms with Crippen LogP contribution in [0.4, 0.5) is 4.79 Å². The van der Waals surface area contributed by atoms with Crippen LogP contribution >= 0.6 is 11.8 Å². The van der Waals surface area contributed by atoms with Crippen LogP contribution in [0.25, 0.3) is 0 Å². The number of rotatable bonds is 5. The summed E-state index contributed by atoms with van der Waals surface area (Å²) >= 11 is 1.01. The van der Waals surface area contributed by atoms with E-state index in [1.807, 2.05) is 0 Å². The van der Waals surface area contributed by atoms with Crippen molar-refractivity contribution in [3.63, 3.8) is 0 Å². The maximum atomic E-state index is 13.0. The van der Waals surface area contributed by atoms with Gasteiger partial charge in [0.25, 0.3) is 11.1 Å². The Hall–Kier alpha value is -2.42. The molecule has 0 spiro atoms. The molecule has 8 nitrogen and oxygen atoms in total. The van der Waals surface area contributed by atoms with Gasteiger partial charge in [0.15, 0.2) is 11.5 Å². The maximum Gasteiger partial charge on any atom is 0.289 e. The molecule has 26 heavy (non-hydrogen) atoms. The highest BCUT2D eigenvalue weighted by Crippen LogP contribution is 2.40. The molecule has 0 aromatic heterocycles. The van der Waals surface area contributed by atoms with Gasteiger partial charge in [-0.15, -0.1) is 0 Å². The lowest BCUT2D eigenvalue weighted by Crippen LogP contribution is -2.41. The summed E-state index contributed by atoms with van der Waals surface area (Å²) in [5.41, 5.74) is 0.347. The minimum atomic E-state index is -0.278. The lowest BCUT2D eigenvalue weighted by molar-refractivity contribution is -0.126. The predicted molar refractivity (Wildman–Crippen MR) is 95.1 cm³/mol. The zero-order chi connectivity index (χ0) is 18.8. The van der Waals surface area contributed by atoms with Crippen LogP contribution in [-0.4, -0.2) is 73.1 Å². The van der Waals surface area contributed by atoms with Crippen molar-refractivity contribution in [2.24, 2.45) is 0 Å². The lowest BCUT2D eigenvalue weighted by Gasteiger charge is -2.23. The summed E-state index contributed by atoms with van der Waals surface area (Å²) in [5.74, 6) is 0.847. The van der Waals surface area contributed by atoms with Crippen LogP contribution in [0.3, 0.4) is 0 Å². The monoisotopic (exact) mass is 380 g/mol. The Morgan fingerprint density at radius 1 is 1.12 bits per heavy atom. The van der Waals surface area contributed by atoms with Crippen LogP contribution in [-0.2, 0) is 4.79 Å². The van der Waals surface area contributed by atoms with Gasteiger partial charge in [0.2, 0.25) is 11.7 Å². The van der Waals surface area contributed by atoms with E-state index in [4.69, 9.17) is 14.2 Å². The molecule has 9 heteroatoms. The fraction of sp³-hybridized carbons (Fsp3) is 0.471. The molecule has 1 atom stereocenters. The molecule has 0 saturated carbocycles. The van der Waals surface area contributed by atoms with Gasteiger partial charge in [-0.2, -0.15) is 0 Å². The van der Waals surface area contributed by atoms with Crippen LogP contribution in [0.2, 0.25) is 0 Å². The second kappa shape index (κ2) is 7.45. The van der Waals surface area contributed by atoms with Gasteiger partial charge in [-0.25, -0.2) is 0 Å². The van der Waals surface area contributed by atoms with E-state index in [0.717, 1.165) is 11.8 Å². The fourth-order valence-electron chi connectivity index (χ4n) is 3.29. The number of nitrogens with zero attached hydrogens (tertiary/aromatic N) is 2. The van der Waals surface area contributed by atoms with Gasteiger partial charge in [0.05, 0.1) is 38.7 Å². The summed E-state index contributed by atoms with van der Waals surface area (Å²) in [5, 5.41) is -0.238. The SMILES string of the molecule is COc1ccc(C(=O)N2CC[C@H](N3C(=O)CSC3=O)C2)c(OC)c1OC. The third kappa shape index (κ3) is 3.07. The van der Waals surface area contributed by atoms with Crippen molar-refractivity contribution < 1.29 is 28.6 Å². The number of likely N-dealkylation sites (tertiary alicyclic amines) is 1. The van der Waals surface area contributed by atoms with E-state index in [1.54, 1.807) is 17.0 Å². The van der Waals surface area contributed by atoms with E-state index in [9.17, 15) is 14.4 Å². The van der Waals surface area contributed by atoms with E-state index in [1.165, 1.54) is 26.2 Å². The molecule has 3 rings (SSSR count). The number of carbonyl (C=O) groups is 3. The molecule has 1 aromatic carbocycles. The number of ether oxygens (including phenoxy) is 3. The Kier molecular flexibility index (Phi) is 5.26. The third-order valence-electron chi connectivity index (χ3n) is 4.53. The molecule has 2 heterocycles. The largest absolute Gasteiger partial charge is 0.493 e. The molecule has 0 N–H and O–H groups in total. The fourth-order valence-corrected chi connectivity index (χ4v) is 4.07. The first-order valence-electron chi connectivity index (χ1n) is 8.08. The quantitative estimate of drug-likeness (QED) is 0.767. The average molecular weight is 380 g/mol. The van der Waals surface area contributed by atoms with Crippen molar-refractivity contribution in [2.75, 3.05) is 40.2 Å². The van der Waals surface area contributed by atoms with E-state index in [0.29, 0.717) is 42.3 Å². The van der Waals surface area contributed by atoms with Gasteiger partial charge in [-0.1, -0.05) is 11.8 Å². The lowest BCUT2D eigenvalue weighted by atomic mass is 10.1. The molecular formula is C17H20N2O6S. The number of hydrogen-bond donors (Lipinski definition) is 0. The van der Waals surface area contributed by atoms with Crippen molar-refractivity contribution in [3.05, 3.63) is 17.7 Å². The highest BCUT2D eigenvalue weighted by molar-refractivity contribution is 8.14. The molecule has 0 bridgehead atoms. The minimum absolute atomic E-state index is 0.173. The van der Waals surface area contributed by atoms with Crippen molar-refractivity contribution in [1.82, 2.24) is 9.80 Å². The normalized spacial score (nSPS) is 19.9. The summed E-state index contributed by atoms with van der Waals surface area (Å²) in [6, 6.07) is 2.99. The second-order valence-corrected chi connectivity index (χ2v) is 6.82. The number of carbonyl (C=O) groups excluding carboxylic acids is 3. The molecule has 2 fully saturated rings. The first-order valence-corrected chi connectivity index (χ1v) is 9.07. The average Bonchev–Trinajstić information content (AvgIpc) is 3.25. The predicted octanol–water partition coefficient (Wildman–Crippen LogP) is 1.62. The van der Waals surface area contributed by atoms with E-state index >= 15 is 0 Å². The van der Waals surface area contributed by atoms with E-state index in [-0.39, 0.29) is 28.8 Å². The summed E-state index contributed by atoms with van der Waals surface area (Å²) in [4.78, 5) is 39.7. The Labute approximate surface area is 155 Å². The molecular weight excluding hydrogens is 360 g/mol. The molecule has 2 aliphatic heterocycles. The second-order valence-electron chi connectivity index (χ2n) is 5.89. The standard InChI is InChI=1S/C17H20N2O6S/c1-23-12-5-4-11(14(24-2)15(12)25-3)16(21)18-7-6-10(8-18)19-13(20)9-26-17(19)22/h4-5,10H,6-9H2,1-3H3/t10-/m0/s1. The Morgan fingerprint density at radius 2 is 1.85 bits per heavy atom. The van der Waals surface area contributed by atoms with Crippen LogP contribution in [0.1, 0.15) is 16.8 Å². The summed E-state index contributed by atoms with van der Waals surface area (Å²) in [7, 11) is 4.44. The van der Waals surface area contributed by atoms with Crippen LogP contribution in [0, 0.1) is 0 Å². The van der Waals surface area contributed by atoms with Crippen molar-refractivity contribution >= 4 is 28.8 Å². The van der Waals surface area contributed by atoms with Gasteiger partial charge in [-0.05, 0) is 18.6 Å². The number of imide groups is 1. The number of amides is 3. The molecule has 0 radical (unpaired) electrons. The zero-order valence-electron chi connectivity index (χ0n) is 14.8. The van der Waals surface area contributed by atoms with Crippen molar-refractivity contribution in [2.45, 2.75) is 12.5 Å². The Morgan fingerprint density at radius 3 is 2.42 bits per heavy atom. The Bertz CT molecular complexity index is 737. The van der Waals surface area contributed by atoms with Crippen LogP contribution in [0.15, 0.2) is 12.1 Å². The summed E-state index contributed by atoms with van der Waals surface area (Å²) in [6.07, 6.45) is 0.569. The number of benzene rings is 1. The van der Waals surface area contributed by atoms with Gasteiger partial charge in [-0.3, -0.25) is 19.3 Å². The van der Waals surface area contributed by atoms with Gasteiger partial charge < -0.3 is 19.1 Å². The molecule has 2 aliphatic rings. The number of thioether (sulfide) groups is 1. The number of hydrogen-bond acceptors (Lipinski definition) is 7. The molecule has 3 amide bonds. The van der Waals surface area contributed by atoms with Gasteiger partial charge in [0, 0.05) is 13.1 Å². The molecule has 140 valence electrons. The summed E-state index contributed by atoms with van der Waals surface area (Å²) < 4.78 is 15.9. The van der Waals surface area contributed by atoms with Gasteiger partial charge in [0.1, 0.15) is 0 Å². The van der Waals surface area contributed by atoms with Crippen molar-refractivity contribution in [1.29, 1.82) is 0 Å². The zero-order valence-corrected chi connectivity index (χ0v) is 15.6. The highest BCUT2D eigenvalue weighted by atomic mass is 32.2.